The highest BCUT2D eigenvalue weighted by Crippen LogP contribution is 2.37. The van der Waals surface area contributed by atoms with E-state index in [0.29, 0.717) is 0 Å². The lowest BCUT2D eigenvalue weighted by Crippen LogP contribution is -2.23. The van der Waals surface area contributed by atoms with Gasteiger partial charge in [0.1, 0.15) is 11.6 Å². The lowest BCUT2D eigenvalue weighted by atomic mass is 9.93. The van der Waals surface area contributed by atoms with Crippen molar-refractivity contribution in [2.75, 3.05) is 13.2 Å². The van der Waals surface area contributed by atoms with Crippen molar-refractivity contribution in [3.05, 3.63) is 64.5 Å². The zero-order valence-electron chi connectivity index (χ0n) is 12.4. The van der Waals surface area contributed by atoms with Crippen LogP contribution in [0.2, 0.25) is 0 Å². The Balaban J connectivity index is 2.08. The van der Waals surface area contributed by atoms with Crippen molar-refractivity contribution in [3.63, 3.8) is 0 Å². The molecule has 1 N–H and O–H groups in total. The fourth-order valence-corrected chi connectivity index (χ4v) is 3.02. The molecule has 110 valence electrons. The Bertz CT molecular complexity index is 654. The van der Waals surface area contributed by atoms with E-state index in [9.17, 15) is 4.39 Å². The molecule has 1 aliphatic heterocycles. The largest absolute Gasteiger partial charge is 0.493 e. The number of halogens is 1. The summed E-state index contributed by atoms with van der Waals surface area (Å²) in [5.74, 6) is 0.799. The first-order valence-corrected chi connectivity index (χ1v) is 7.44. The summed E-state index contributed by atoms with van der Waals surface area (Å²) in [5.41, 5.74) is 4.45. The van der Waals surface area contributed by atoms with Crippen LogP contribution in [-0.4, -0.2) is 13.2 Å². The standard InChI is InChI=1S/C18H20FNO/c1-3-20-17(15-8-7-14(19)11-12(15)2)16-6-4-5-13-9-10-21-18(13)16/h4-8,11,17,20H,3,9-10H2,1-2H3. The summed E-state index contributed by atoms with van der Waals surface area (Å²) in [6.45, 7) is 5.61. The number of para-hydroxylation sites is 1. The Morgan fingerprint density at radius 1 is 1.24 bits per heavy atom. The summed E-state index contributed by atoms with van der Waals surface area (Å²) in [5, 5.41) is 3.50. The summed E-state index contributed by atoms with van der Waals surface area (Å²) in [6.07, 6.45) is 0.963. The Kier molecular flexibility index (Phi) is 3.93. The minimum atomic E-state index is -0.193. The topological polar surface area (TPSA) is 21.3 Å². The first-order valence-electron chi connectivity index (χ1n) is 7.44. The van der Waals surface area contributed by atoms with Crippen LogP contribution in [0.3, 0.4) is 0 Å². The Labute approximate surface area is 125 Å². The first kappa shape index (κ1) is 14.1. The molecule has 1 heterocycles. The van der Waals surface area contributed by atoms with Crippen LogP contribution in [0.15, 0.2) is 36.4 Å². The van der Waals surface area contributed by atoms with E-state index in [4.69, 9.17) is 4.74 Å². The number of hydrogen-bond donors (Lipinski definition) is 1. The minimum Gasteiger partial charge on any atom is -0.493 e. The summed E-state index contributed by atoms with van der Waals surface area (Å²) in [6, 6.07) is 11.3. The molecule has 0 radical (unpaired) electrons. The van der Waals surface area contributed by atoms with Gasteiger partial charge in [-0.3, -0.25) is 0 Å². The molecule has 21 heavy (non-hydrogen) atoms. The highest BCUT2D eigenvalue weighted by atomic mass is 19.1. The fraction of sp³-hybridized carbons (Fsp3) is 0.333. The average Bonchev–Trinajstić information content (AvgIpc) is 2.94. The van der Waals surface area contributed by atoms with Crippen molar-refractivity contribution in [1.82, 2.24) is 5.32 Å². The summed E-state index contributed by atoms with van der Waals surface area (Å²) in [4.78, 5) is 0. The van der Waals surface area contributed by atoms with E-state index in [1.807, 2.05) is 13.0 Å². The van der Waals surface area contributed by atoms with Gasteiger partial charge >= 0.3 is 0 Å². The Morgan fingerprint density at radius 2 is 2.10 bits per heavy atom. The molecule has 0 amide bonds. The molecule has 0 aliphatic carbocycles. The normalized spacial score (nSPS) is 14.6. The monoisotopic (exact) mass is 285 g/mol. The molecule has 0 aromatic heterocycles. The SMILES string of the molecule is CCNC(c1ccc(F)cc1C)c1cccc2c1OCC2. The van der Waals surface area contributed by atoms with Crippen LogP contribution in [0.5, 0.6) is 5.75 Å². The van der Waals surface area contributed by atoms with E-state index in [0.717, 1.165) is 42.0 Å². The van der Waals surface area contributed by atoms with Crippen molar-refractivity contribution in [2.24, 2.45) is 0 Å². The predicted molar refractivity (Wildman–Crippen MR) is 82.3 cm³/mol. The van der Waals surface area contributed by atoms with Crippen molar-refractivity contribution in [3.8, 4) is 5.75 Å². The van der Waals surface area contributed by atoms with Crippen LogP contribution >= 0.6 is 0 Å². The van der Waals surface area contributed by atoms with Gasteiger partial charge in [-0.05, 0) is 42.3 Å². The molecule has 1 unspecified atom stereocenters. The molecule has 3 heteroatoms. The number of nitrogens with one attached hydrogen (secondary N) is 1. The van der Waals surface area contributed by atoms with Crippen LogP contribution in [0.4, 0.5) is 4.39 Å². The van der Waals surface area contributed by atoms with E-state index in [2.05, 4.69) is 30.4 Å². The maximum atomic E-state index is 13.4. The lowest BCUT2D eigenvalue weighted by Gasteiger charge is -2.23. The number of rotatable bonds is 4. The maximum Gasteiger partial charge on any atom is 0.127 e. The highest BCUT2D eigenvalue weighted by molar-refractivity contribution is 5.49. The quantitative estimate of drug-likeness (QED) is 0.923. The molecule has 0 spiro atoms. The van der Waals surface area contributed by atoms with Gasteiger partial charge in [0, 0.05) is 12.0 Å². The van der Waals surface area contributed by atoms with Gasteiger partial charge in [0.05, 0.1) is 12.6 Å². The van der Waals surface area contributed by atoms with Gasteiger partial charge in [-0.25, -0.2) is 4.39 Å². The van der Waals surface area contributed by atoms with Crippen LogP contribution in [-0.2, 0) is 6.42 Å². The van der Waals surface area contributed by atoms with Crippen LogP contribution in [0.1, 0.15) is 35.2 Å². The molecule has 0 saturated carbocycles. The van der Waals surface area contributed by atoms with E-state index < -0.39 is 0 Å². The lowest BCUT2D eigenvalue weighted by molar-refractivity contribution is 0.350. The van der Waals surface area contributed by atoms with E-state index >= 15 is 0 Å². The number of aryl methyl sites for hydroxylation is 1. The Morgan fingerprint density at radius 3 is 2.86 bits per heavy atom. The maximum absolute atomic E-state index is 13.4. The molecule has 3 rings (SSSR count). The molecule has 0 fully saturated rings. The number of ether oxygens (including phenoxy) is 1. The zero-order valence-corrected chi connectivity index (χ0v) is 12.4. The summed E-state index contributed by atoms with van der Waals surface area (Å²) >= 11 is 0. The van der Waals surface area contributed by atoms with E-state index in [1.54, 1.807) is 6.07 Å². The van der Waals surface area contributed by atoms with Gasteiger partial charge in [0.15, 0.2) is 0 Å². The van der Waals surface area contributed by atoms with E-state index in [1.165, 1.54) is 11.6 Å². The van der Waals surface area contributed by atoms with Crippen LogP contribution in [0, 0.1) is 12.7 Å². The van der Waals surface area contributed by atoms with Gasteiger partial charge in [-0.1, -0.05) is 31.2 Å². The van der Waals surface area contributed by atoms with Gasteiger partial charge in [0.2, 0.25) is 0 Å². The third-order valence-corrected chi connectivity index (χ3v) is 4.01. The number of hydrogen-bond acceptors (Lipinski definition) is 2. The molecular weight excluding hydrogens is 265 g/mol. The first-order chi connectivity index (χ1) is 10.2. The fourth-order valence-electron chi connectivity index (χ4n) is 3.02. The van der Waals surface area contributed by atoms with Gasteiger partial charge < -0.3 is 10.1 Å². The summed E-state index contributed by atoms with van der Waals surface area (Å²) in [7, 11) is 0. The molecule has 0 saturated heterocycles. The van der Waals surface area contributed by atoms with Crippen LogP contribution < -0.4 is 10.1 Å². The second-order valence-corrected chi connectivity index (χ2v) is 5.43. The molecule has 1 atom stereocenters. The summed E-state index contributed by atoms with van der Waals surface area (Å²) < 4.78 is 19.2. The van der Waals surface area contributed by atoms with Gasteiger partial charge in [0.25, 0.3) is 0 Å². The van der Waals surface area contributed by atoms with Crippen molar-refractivity contribution in [1.29, 1.82) is 0 Å². The van der Waals surface area contributed by atoms with Crippen molar-refractivity contribution < 1.29 is 9.13 Å². The van der Waals surface area contributed by atoms with Crippen LogP contribution in [0.25, 0.3) is 0 Å². The van der Waals surface area contributed by atoms with E-state index in [-0.39, 0.29) is 11.9 Å². The Hall–Kier alpha value is -1.87. The molecule has 0 bridgehead atoms. The molecule has 2 aromatic rings. The number of benzene rings is 2. The van der Waals surface area contributed by atoms with Crippen molar-refractivity contribution >= 4 is 0 Å². The second-order valence-electron chi connectivity index (χ2n) is 5.43. The molecular formula is C18H20FNO. The zero-order chi connectivity index (χ0) is 14.8. The smallest absolute Gasteiger partial charge is 0.127 e. The van der Waals surface area contributed by atoms with Gasteiger partial charge in [-0.15, -0.1) is 0 Å². The molecule has 1 aliphatic rings. The average molecular weight is 285 g/mol. The van der Waals surface area contributed by atoms with Crippen molar-refractivity contribution in [2.45, 2.75) is 26.3 Å². The predicted octanol–water partition coefficient (Wildman–Crippen LogP) is 3.77. The second kappa shape index (κ2) is 5.86. The third kappa shape index (κ3) is 2.66. The molecule has 2 nitrogen and oxygen atoms in total. The molecule has 2 aromatic carbocycles. The van der Waals surface area contributed by atoms with Gasteiger partial charge in [-0.2, -0.15) is 0 Å². The number of fused-ring (bicyclic) bond motifs is 1. The third-order valence-electron chi connectivity index (χ3n) is 4.01. The highest BCUT2D eigenvalue weighted by Gasteiger charge is 2.23. The minimum absolute atomic E-state index is 0.0312.